The highest BCUT2D eigenvalue weighted by atomic mass is 32.1. The Hall–Kier alpha value is 0.220. The van der Waals surface area contributed by atoms with E-state index in [-0.39, 0.29) is 0 Å². The summed E-state index contributed by atoms with van der Waals surface area (Å²) >= 11 is 1.36. The van der Waals surface area contributed by atoms with E-state index in [1.807, 2.05) is 0 Å². The van der Waals surface area contributed by atoms with Crippen molar-refractivity contribution in [2.75, 3.05) is 5.75 Å². The lowest BCUT2D eigenvalue weighted by molar-refractivity contribution is 0.330. The van der Waals surface area contributed by atoms with Crippen molar-refractivity contribution in [3.63, 3.8) is 0 Å². The molecule has 0 bridgehead atoms. The van der Waals surface area contributed by atoms with E-state index >= 15 is 0 Å². The molecule has 0 nitrogen and oxygen atoms in total. The Labute approximate surface area is 73.3 Å². The molecule has 0 radical (unpaired) electrons. The minimum absolute atomic E-state index is 0.850. The average Bonchev–Trinajstić information content (AvgIpc) is 2.75. The van der Waals surface area contributed by atoms with Crippen molar-refractivity contribution in [1.29, 1.82) is 0 Å². The Morgan fingerprint density at radius 2 is 2.36 bits per heavy atom. The van der Waals surface area contributed by atoms with Crippen molar-refractivity contribution < 1.29 is 0 Å². The maximum atomic E-state index is 3.89. The van der Waals surface area contributed by atoms with Gasteiger partial charge in [-0.3, -0.25) is 0 Å². The quantitative estimate of drug-likeness (QED) is 0.488. The minimum Gasteiger partial charge on any atom is -0.208 e. The van der Waals surface area contributed by atoms with Crippen LogP contribution >= 0.6 is 11.4 Å². The molecule has 2 fully saturated rings. The predicted octanol–water partition coefficient (Wildman–Crippen LogP) is 2.85. The zero-order valence-electron chi connectivity index (χ0n) is 7.18. The second-order valence-electron chi connectivity index (χ2n) is 4.21. The summed E-state index contributed by atoms with van der Waals surface area (Å²) < 4.78 is 0. The molecule has 1 heteroatoms. The van der Waals surface area contributed by atoms with Crippen LogP contribution in [-0.2, 0) is 0 Å². The second-order valence-corrected chi connectivity index (χ2v) is 5.10. The number of hydrogen-bond acceptors (Lipinski definition) is 0. The molecule has 2 saturated carbocycles. The van der Waals surface area contributed by atoms with E-state index in [1.165, 1.54) is 49.2 Å². The molecule has 0 aliphatic heterocycles. The van der Waals surface area contributed by atoms with E-state index in [2.05, 4.69) is 5.87 Å². The number of hydrogen-bond donors (Lipinski definition) is 1. The van der Waals surface area contributed by atoms with Gasteiger partial charge in [-0.15, -0.1) is 0 Å². The van der Waals surface area contributed by atoms with Gasteiger partial charge in [-0.05, 0) is 42.8 Å². The third kappa shape index (κ3) is 1.40. The van der Waals surface area contributed by atoms with Crippen molar-refractivity contribution in [2.24, 2.45) is 11.3 Å². The van der Waals surface area contributed by atoms with Gasteiger partial charge in [0.2, 0.25) is 0 Å². The normalized spacial score (nSPS) is 41.6. The molecule has 0 spiro atoms. The van der Waals surface area contributed by atoms with Gasteiger partial charge in [0.25, 0.3) is 0 Å². The summed E-state index contributed by atoms with van der Waals surface area (Å²) in [5.74, 6) is 6.37. The second kappa shape index (κ2) is 2.93. The first kappa shape index (κ1) is 7.85. The van der Waals surface area contributed by atoms with Gasteiger partial charge in [-0.25, -0.2) is 11.4 Å². The summed E-state index contributed by atoms with van der Waals surface area (Å²) in [5.41, 5.74) is 0.850. The molecule has 0 unspecified atom stereocenters. The molecule has 2 aliphatic rings. The van der Waals surface area contributed by atoms with Crippen molar-refractivity contribution >= 4 is 17.2 Å². The van der Waals surface area contributed by atoms with Gasteiger partial charge in [0.1, 0.15) is 0 Å². The Morgan fingerprint density at radius 3 is 3.09 bits per heavy atom. The molecule has 11 heavy (non-hydrogen) atoms. The van der Waals surface area contributed by atoms with Crippen molar-refractivity contribution in [3.05, 3.63) is 0 Å². The summed E-state index contributed by atoms with van der Waals surface area (Å²) in [6.07, 6.45) is 9.12. The Kier molecular flexibility index (Phi) is 2.09. The van der Waals surface area contributed by atoms with E-state index in [0.29, 0.717) is 0 Å². The Balaban J connectivity index is 1.86. The van der Waals surface area contributed by atoms with Gasteiger partial charge in [-0.2, -0.15) is 0 Å². The van der Waals surface area contributed by atoms with Crippen LogP contribution in [0.1, 0.15) is 38.5 Å². The van der Waals surface area contributed by atoms with Crippen LogP contribution < -0.4 is 0 Å². The third-order valence-electron chi connectivity index (χ3n) is 3.60. The molecule has 0 saturated heterocycles. The molecule has 0 N–H and O–H groups in total. The first-order valence-corrected chi connectivity index (χ1v) is 6.06. The van der Waals surface area contributed by atoms with E-state index < -0.39 is 0 Å². The van der Waals surface area contributed by atoms with Crippen molar-refractivity contribution in [3.8, 4) is 0 Å². The molecule has 2 rings (SSSR count). The largest absolute Gasteiger partial charge is 0.208 e. The van der Waals surface area contributed by atoms with Crippen LogP contribution in [0.2, 0.25) is 0 Å². The molecule has 0 heterocycles. The summed E-state index contributed by atoms with van der Waals surface area (Å²) in [6, 6.07) is 0. The van der Waals surface area contributed by atoms with Gasteiger partial charge in [0, 0.05) is 0 Å². The van der Waals surface area contributed by atoms with E-state index in [4.69, 9.17) is 0 Å². The van der Waals surface area contributed by atoms with E-state index in [9.17, 15) is 0 Å². The van der Waals surface area contributed by atoms with Crippen LogP contribution in [0.25, 0.3) is 0 Å². The van der Waals surface area contributed by atoms with Gasteiger partial charge < -0.3 is 0 Å². The van der Waals surface area contributed by atoms with Crippen LogP contribution in [0.15, 0.2) is 0 Å². The molecule has 0 aromatic carbocycles. The lowest BCUT2D eigenvalue weighted by Gasteiger charge is -2.20. The third-order valence-corrected chi connectivity index (χ3v) is 4.14. The Bertz CT molecular complexity index is 164. The molecular weight excluding hydrogens is 152 g/mol. The molecule has 2 aliphatic carbocycles. The smallest absolute Gasteiger partial charge is 0.0145 e. The highest BCUT2D eigenvalue weighted by Gasteiger charge is 2.53. The first-order valence-electron chi connectivity index (χ1n) is 4.80. The van der Waals surface area contributed by atoms with Crippen molar-refractivity contribution in [1.82, 2.24) is 0 Å². The number of rotatable bonds is 3. The summed E-state index contributed by atoms with van der Waals surface area (Å²) in [4.78, 5) is 0. The number of fused-ring (bicyclic) bond motifs is 1. The van der Waals surface area contributed by atoms with Gasteiger partial charge in [0.15, 0.2) is 0 Å². The van der Waals surface area contributed by atoms with Crippen LogP contribution in [0.5, 0.6) is 0 Å². The van der Waals surface area contributed by atoms with Crippen LogP contribution in [0, 0.1) is 11.3 Å². The van der Waals surface area contributed by atoms with Gasteiger partial charge in [-0.1, -0.05) is 18.7 Å². The fourth-order valence-corrected chi connectivity index (χ4v) is 3.35. The molecule has 0 aromatic rings. The molecule has 0 amide bonds. The first-order chi connectivity index (χ1) is 5.37. The lowest BCUT2D eigenvalue weighted by atomic mass is 9.86. The molecule has 0 aromatic heterocycles. The molecular formula is C10H18S. The zero-order valence-corrected chi connectivity index (χ0v) is 8.08. The highest BCUT2D eigenvalue weighted by Crippen LogP contribution is 2.63. The van der Waals surface area contributed by atoms with Crippen molar-refractivity contribution in [2.45, 2.75) is 38.5 Å². The van der Waals surface area contributed by atoms with E-state index in [1.54, 1.807) is 6.42 Å². The summed E-state index contributed by atoms with van der Waals surface area (Å²) in [7, 11) is 0. The minimum atomic E-state index is 0.850. The lowest BCUT2D eigenvalue weighted by Crippen LogP contribution is -2.09. The zero-order chi connectivity index (χ0) is 7.73. The fraction of sp³-hybridized carbons (Fsp3) is 0.900. The Morgan fingerprint density at radius 1 is 1.45 bits per heavy atom. The van der Waals surface area contributed by atoms with Crippen LogP contribution in [0.3, 0.4) is 0 Å². The van der Waals surface area contributed by atoms with Gasteiger partial charge >= 0.3 is 0 Å². The fourth-order valence-electron chi connectivity index (χ4n) is 2.75. The maximum Gasteiger partial charge on any atom is -0.0145 e. The standard InChI is InChI=1S/C10H18S/c1-11-7-6-10-5-3-2-4-9(10)8-10/h9,11H,1-8H2/t9-,10-/m0/s1. The summed E-state index contributed by atoms with van der Waals surface area (Å²) in [5, 5.41) is 0. The SMILES string of the molecule is C=[SH]CC[C@]12CCCC[C@H]1C2. The average molecular weight is 170 g/mol. The van der Waals surface area contributed by atoms with Gasteiger partial charge in [0.05, 0.1) is 0 Å². The molecule has 2 atom stereocenters. The summed E-state index contributed by atoms with van der Waals surface area (Å²) in [6.45, 7) is 0. The topological polar surface area (TPSA) is 0 Å². The highest BCUT2D eigenvalue weighted by molar-refractivity contribution is 7.96. The monoisotopic (exact) mass is 170 g/mol. The maximum absolute atomic E-state index is 3.89. The van der Waals surface area contributed by atoms with Crippen LogP contribution in [0.4, 0.5) is 0 Å². The molecule has 64 valence electrons. The van der Waals surface area contributed by atoms with Crippen LogP contribution in [-0.4, -0.2) is 11.6 Å². The number of thiol groups is 1. The van der Waals surface area contributed by atoms with E-state index in [0.717, 1.165) is 11.3 Å². The predicted molar refractivity (Wildman–Crippen MR) is 54.6 cm³/mol.